The van der Waals surface area contributed by atoms with E-state index in [2.05, 4.69) is 51.3 Å². The highest BCUT2D eigenvalue weighted by Crippen LogP contribution is 2.26. The number of esters is 2. The van der Waals surface area contributed by atoms with Crippen LogP contribution in [-0.4, -0.2) is 112 Å². The Morgan fingerprint density at radius 1 is 0.672 bits per heavy atom. The van der Waals surface area contributed by atoms with E-state index in [1.54, 1.807) is 52.0 Å². The first-order chi connectivity index (χ1) is 32.1. The van der Waals surface area contributed by atoms with Crippen LogP contribution in [-0.2, 0) is 36.7 Å². The Morgan fingerprint density at radius 3 is 1.52 bits per heavy atom. The van der Waals surface area contributed by atoms with Gasteiger partial charge in [-0.2, -0.15) is 0 Å². The number of rotatable bonds is 21. The van der Waals surface area contributed by atoms with Crippen LogP contribution in [0, 0.1) is 33.6 Å². The molecule has 2 aromatic heterocycles. The minimum absolute atomic E-state index is 0.0538. The fourth-order valence-corrected chi connectivity index (χ4v) is 7.75. The Balaban J connectivity index is 0.000000304. The molecule has 0 aliphatic heterocycles. The van der Waals surface area contributed by atoms with Gasteiger partial charge in [0, 0.05) is 32.6 Å². The molecule has 0 spiro atoms. The maximum Gasteiger partial charge on any atom is 0.330 e. The minimum atomic E-state index is -1.03. The van der Waals surface area contributed by atoms with Gasteiger partial charge in [-0.1, -0.05) is 43.5 Å². The normalized spacial score (nSPS) is 13.2. The lowest BCUT2D eigenvalue weighted by Crippen LogP contribution is -2.49. The number of phenols is 2. The lowest BCUT2D eigenvalue weighted by molar-refractivity contribution is -0.143. The molecule has 2 aromatic carbocycles. The van der Waals surface area contributed by atoms with Crippen LogP contribution in [0.25, 0.3) is 0 Å². The number of nitrogens with zero attached hydrogens (tertiary/aromatic N) is 4. The second-order valence-corrected chi connectivity index (χ2v) is 16.4. The monoisotopic (exact) mass is 927 g/mol. The van der Waals surface area contributed by atoms with Gasteiger partial charge in [0.1, 0.15) is 23.6 Å². The number of nitrogens with two attached hydrogens (primary N) is 1. The van der Waals surface area contributed by atoms with Crippen LogP contribution in [0.5, 0.6) is 11.5 Å². The summed E-state index contributed by atoms with van der Waals surface area (Å²) in [5.41, 5.74) is 10.1. The van der Waals surface area contributed by atoms with Gasteiger partial charge in [0.05, 0.1) is 48.1 Å². The van der Waals surface area contributed by atoms with Crippen LogP contribution in [0.4, 0.5) is 11.9 Å². The SMILES string of the molecule is COC(=O)[C@H](CN)NC(=O)c1c(C)nc(NCCCc2cccc(O)c2)nc1C.COC(=O)[C@H](CNC(=O)CC1CCCCC1)NC(=O)c1c(C)nc(NCCCc2cccc(O)c2)nc1C. The number of nitrogens with one attached hydrogen (secondary N) is 5. The van der Waals surface area contributed by atoms with Gasteiger partial charge >= 0.3 is 11.9 Å². The Kier molecular flexibility index (Phi) is 21.2. The highest BCUT2D eigenvalue weighted by atomic mass is 16.5. The Morgan fingerprint density at radius 2 is 1.10 bits per heavy atom. The second-order valence-electron chi connectivity index (χ2n) is 16.4. The minimum Gasteiger partial charge on any atom is -0.508 e. The number of phenolic OH excluding ortho intramolecular Hbond substituents is 2. The van der Waals surface area contributed by atoms with Crippen LogP contribution in [0.3, 0.4) is 0 Å². The van der Waals surface area contributed by atoms with Crippen molar-refractivity contribution >= 4 is 41.6 Å². The Bertz CT molecular complexity index is 2260. The van der Waals surface area contributed by atoms with Gasteiger partial charge in [-0.25, -0.2) is 29.5 Å². The number of amides is 3. The molecule has 3 amide bonds. The van der Waals surface area contributed by atoms with E-state index in [0.717, 1.165) is 62.5 Å². The standard InChI is InChI=1S/C28H39N5O5.C20H27N5O4/c1-18-25(19(2)32-28(31-18)29-14-8-12-20-11-7-13-22(34)15-20)26(36)33-23(27(37)38-3)17-30-24(35)16-21-9-5-4-6-10-21;1-12-17(18(27)25-16(11-21)19(28)29-3)13(2)24-20(23-12)22-9-5-7-14-6-4-8-15(26)10-14/h7,11,13,15,21,23,34H,4-6,8-10,12,14,16-17H2,1-3H3,(H,30,35)(H,33,36)(H,29,31,32);4,6,8,10,16,26H,5,7,9,11,21H2,1-3H3,(H,25,27)(H,22,23,24)/t23-;16-/m00/s1. The number of hydrogen-bond donors (Lipinski definition) is 8. The molecule has 1 saturated carbocycles. The first kappa shape index (κ1) is 52.7. The smallest absolute Gasteiger partial charge is 0.330 e. The van der Waals surface area contributed by atoms with Crippen LogP contribution in [0.1, 0.15) is 106 Å². The average Bonchev–Trinajstić information content (AvgIpc) is 3.29. The van der Waals surface area contributed by atoms with E-state index in [9.17, 15) is 34.2 Å². The first-order valence-electron chi connectivity index (χ1n) is 22.6. The molecule has 2 heterocycles. The molecule has 19 nitrogen and oxygen atoms in total. The molecule has 9 N–H and O–H groups in total. The average molecular weight is 927 g/mol. The molecule has 362 valence electrons. The van der Waals surface area contributed by atoms with Crippen molar-refractivity contribution < 1.29 is 43.7 Å². The van der Waals surface area contributed by atoms with E-state index < -0.39 is 35.8 Å². The number of anilines is 2. The first-order valence-corrected chi connectivity index (χ1v) is 22.6. The number of carbonyl (C=O) groups is 5. The zero-order valence-corrected chi connectivity index (χ0v) is 39.4. The molecule has 4 aromatic rings. The second kappa shape index (κ2) is 26.9. The quantitative estimate of drug-likeness (QED) is 0.0428. The maximum atomic E-state index is 13.1. The third-order valence-electron chi connectivity index (χ3n) is 11.2. The van der Waals surface area contributed by atoms with Gasteiger partial charge in [-0.15, -0.1) is 0 Å². The highest BCUT2D eigenvalue weighted by molar-refractivity contribution is 5.99. The molecule has 2 atom stereocenters. The van der Waals surface area contributed by atoms with Gasteiger partial charge in [-0.05, 0) is 108 Å². The van der Waals surface area contributed by atoms with Crippen molar-refractivity contribution in [3.8, 4) is 11.5 Å². The fourth-order valence-electron chi connectivity index (χ4n) is 7.75. The molecule has 5 rings (SSSR count). The summed E-state index contributed by atoms with van der Waals surface area (Å²) in [7, 11) is 2.48. The number of ether oxygens (including phenoxy) is 2. The van der Waals surface area contributed by atoms with Crippen molar-refractivity contribution in [3.05, 3.63) is 93.6 Å². The van der Waals surface area contributed by atoms with Crippen molar-refractivity contribution in [1.82, 2.24) is 35.9 Å². The lowest BCUT2D eigenvalue weighted by Gasteiger charge is -2.22. The lowest BCUT2D eigenvalue weighted by atomic mass is 9.87. The van der Waals surface area contributed by atoms with Gasteiger partial charge in [0.2, 0.25) is 17.8 Å². The number of methoxy groups -OCH3 is 2. The van der Waals surface area contributed by atoms with Gasteiger partial charge in [0.15, 0.2) is 0 Å². The Hall–Kier alpha value is -6.89. The molecule has 67 heavy (non-hydrogen) atoms. The summed E-state index contributed by atoms with van der Waals surface area (Å²) < 4.78 is 9.47. The molecular weight excluding hydrogens is 861 g/mol. The summed E-state index contributed by atoms with van der Waals surface area (Å²) in [6.45, 7) is 7.95. The Labute approximate surface area is 391 Å². The summed E-state index contributed by atoms with van der Waals surface area (Å²) in [5.74, 6) is -0.657. The topological polar surface area (TPSA) is 282 Å². The van der Waals surface area contributed by atoms with Crippen LogP contribution >= 0.6 is 0 Å². The van der Waals surface area contributed by atoms with Crippen molar-refractivity contribution in [2.45, 2.75) is 104 Å². The van der Waals surface area contributed by atoms with E-state index in [-0.39, 0.29) is 36.1 Å². The predicted molar refractivity (Wildman–Crippen MR) is 253 cm³/mol. The van der Waals surface area contributed by atoms with Crippen LogP contribution in [0.2, 0.25) is 0 Å². The number of hydrogen-bond acceptors (Lipinski definition) is 16. The largest absolute Gasteiger partial charge is 0.508 e. The number of aryl methyl sites for hydroxylation is 6. The molecule has 1 fully saturated rings. The van der Waals surface area contributed by atoms with Crippen molar-refractivity contribution in [3.63, 3.8) is 0 Å². The van der Waals surface area contributed by atoms with Gasteiger partial charge in [-0.3, -0.25) is 14.4 Å². The highest BCUT2D eigenvalue weighted by Gasteiger charge is 2.27. The number of aromatic nitrogens is 4. The zero-order valence-electron chi connectivity index (χ0n) is 39.4. The van der Waals surface area contributed by atoms with E-state index in [4.69, 9.17) is 10.5 Å². The van der Waals surface area contributed by atoms with E-state index in [1.165, 1.54) is 20.6 Å². The molecule has 1 aliphatic carbocycles. The molecule has 0 bridgehead atoms. The van der Waals surface area contributed by atoms with Crippen molar-refractivity contribution in [2.75, 3.05) is 51.0 Å². The third-order valence-corrected chi connectivity index (χ3v) is 11.2. The predicted octanol–water partition coefficient (Wildman–Crippen LogP) is 4.28. The summed E-state index contributed by atoms with van der Waals surface area (Å²) >= 11 is 0. The third kappa shape index (κ3) is 17.1. The number of carbonyl (C=O) groups excluding carboxylic acids is 5. The molecule has 1 aliphatic rings. The summed E-state index contributed by atoms with van der Waals surface area (Å²) in [4.78, 5) is 79.5. The molecule has 0 unspecified atom stereocenters. The zero-order chi connectivity index (χ0) is 48.9. The maximum absolute atomic E-state index is 13.1. The molecule has 0 saturated heterocycles. The number of benzene rings is 2. The van der Waals surface area contributed by atoms with Crippen molar-refractivity contribution in [1.29, 1.82) is 0 Å². The fraction of sp³-hybridized carbons (Fsp3) is 0.479. The van der Waals surface area contributed by atoms with Crippen LogP contribution < -0.4 is 32.3 Å². The molecular formula is C48H66N10O9. The van der Waals surface area contributed by atoms with Crippen LogP contribution in [0.15, 0.2) is 48.5 Å². The number of aromatic hydroxyl groups is 2. The van der Waals surface area contributed by atoms with E-state index in [0.29, 0.717) is 65.7 Å². The van der Waals surface area contributed by atoms with Gasteiger partial charge in [0.25, 0.3) is 11.8 Å². The molecule has 0 radical (unpaired) electrons. The van der Waals surface area contributed by atoms with E-state index >= 15 is 0 Å². The summed E-state index contributed by atoms with van der Waals surface area (Å²) in [6.07, 6.45) is 9.24. The summed E-state index contributed by atoms with van der Waals surface area (Å²) in [6, 6.07) is 12.3. The summed E-state index contributed by atoms with van der Waals surface area (Å²) in [5, 5.41) is 33.4. The van der Waals surface area contributed by atoms with Gasteiger partial charge < -0.3 is 52.0 Å². The molecule has 19 heteroatoms. The van der Waals surface area contributed by atoms with Crippen molar-refractivity contribution in [2.24, 2.45) is 11.7 Å². The van der Waals surface area contributed by atoms with E-state index in [1.807, 2.05) is 24.3 Å².